The third kappa shape index (κ3) is 6.60. The summed E-state index contributed by atoms with van der Waals surface area (Å²) in [5.74, 6) is 0.924. The van der Waals surface area contributed by atoms with Gasteiger partial charge in [-0.3, -0.25) is 0 Å². The van der Waals surface area contributed by atoms with Gasteiger partial charge in [0, 0.05) is 11.6 Å². The van der Waals surface area contributed by atoms with Crippen LogP contribution in [0.1, 0.15) is 40.0 Å². The van der Waals surface area contributed by atoms with E-state index in [2.05, 4.69) is 26.1 Å². The Bertz CT molecular complexity index is 340. The van der Waals surface area contributed by atoms with Crippen molar-refractivity contribution in [1.82, 2.24) is 5.32 Å². The number of nitrogens with one attached hydrogen (secondary N) is 1. The molecule has 0 saturated heterocycles. The minimum Gasteiger partial charge on any atom is -0.494 e. The van der Waals surface area contributed by atoms with E-state index < -0.39 is 0 Å². The Hall–Kier alpha value is -1.06. The van der Waals surface area contributed by atoms with E-state index >= 15 is 0 Å². The van der Waals surface area contributed by atoms with Crippen molar-refractivity contribution in [1.29, 1.82) is 0 Å². The summed E-state index contributed by atoms with van der Waals surface area (Å²) >= 11 is 0. The Kier molecular flexibility index (Phi) is 6.89. The number of hydrogen-bond acceptors (Lipinski definition) is 3. The van der Waals surface area contributed by atoms with Crippen LogP contribution in [0.4, 0.5) is 0 Å². The predicted octanol–water partition coefficient (Wildman–Crippen LogP) is 2.98. The highest BCUT2D eigenvalue weighted by Gasteiger charge is 2.22. The fourth-order valence-electron chi connectivity index (χ4n) is 2.22. The summed E-state index contributed by atoms with van der Waals surface area (Å²) in [7, 11) is 0. The van der Waals surface area contributed by atoms with Crippen molar-refractivity contribution in [3.63, 3.8) is 0 Å². The Morgan fingerprint density at radius 3 is 2.47 bits per heavy atom. The molecule has 108 valence electrons. The first-order valence-electron chi connectivity index (χ1n) is 7.12. The van der Waals surface area contributed by atoms with Crippen LogP contribution in [0.2, 0.25) is 0 Å². The quantitative estimate of drug-likeness (QED) is 0.674. The molecular weight excluding hydrogens is 238 g/mol. The Morgan fingerprint density at radius 2 is 1.89 bits per heavy atom. The van der Waals surface area contributed by atoms with Crippen LogP contribution in [0, 0.1) is 0 Å². The van der Waals surface area contributed by atoms with Crippen LogP contribution in [-0.4, -0.2) is 29.9 Å². The summed E-state index contributed by atoms with van der Waals surface area (Å²) in [5.41, 5.74) is -0.180. The fraction of sp³-hybridized carbons (Fsp3) is 0.625. The van der Waals surface area contributed by atoms with Gasteiger partial charge in [0.1, 0.15) is 5.75 Å². The molecule has 0 aliphatic rings. The molecule has 1 unspecified atom stereocenters. The molecule has 0 aliphatic heterocycles. The van der Waals surface area contributed by atoms with Gasteiger partial charge in [0.25, 0.3) is 0 Å². The summed E-state index contributed by atoms with van der Waals surface area (Å²) < 4.78 is 5.65. The highest BCUT2D eigenvalue weighted by Crippen LogP contribution is 2.15. The van der Waals surface area contributed by atoms with Gasteiger partial charge in [0.05, 0.1) is 13.2 Å². The molecule has 0 fully saturated rings. The normalized spacial score (nSPS) is 14.4. The van der Waals surface area contributed by atoms with E-state index in [0.717, 1.165) is 31.6 Å². The molecule has 0 radical (unpaired) electrons. The average Bonchev–Trinajstić information content (AvgIpc) is 2.39. The number of para-hydroxylation sites is 1. The Morgan fingerprint density at radius 1 is 1.21 bits per heavy atom. The van der Waals surface area contributed by atoms with Crippen molar-refractivity contribution in [2.45, 2.75) is 51.6 Å². The molecule has 1 rings (SSSR count). The van der Waals surface area contributed by atoms with E-state index in [-0.39, 0.29) is 12.1 Å². The molecule has 0 saturated carbocycles. The van der Waals surface area contributed by atoms with Gasteiger partial charge in [-0.1, -0.05) is 32.0 Å². The Balaban J connectivity index is 2.19. The van der Waals surface area contributed by atoms with Crippen LogP contribution in [0.25, 0.3) is 0 Å². The number of rotatable bonds is 9. The van der Waals surface area contributed by atoms with E-state index in [4.69, 9.17) is 4.74 Å². The summed E-state index contributed by atoms with van der Waals surface area (Å²) in [6, 6.07) is 10.3. The second-order valence-electron chi connectivity index (χ2n) is 5.64. The van der Waals surface area contributed by atoms with Crippen molar-refractivity contribution < 1.29 is 9.84 Å². The lowest BCUT2D eigenvalue weighted by molar-refractivity contribution is 0.152. The topological polar surface area (TPSA) is 41.5 Å². The van der Waals surface area contributed by atoms with Gasteiger partial charge >= 0.3 is 0 Å². The second kappa shape index (κ2) is 8.18. The van der Waals surface area contributed by atoms with Gasteiger partial charge < -0.3 is 15.2 Å². The summed E-state index contributed by atoms with van der Waals surface area (Å²) in [4.78, 5) is 0. The molecule has 3 nitrogen and oxygen atoms in total. The maximum Gasteiger partial charge on any atom is 0.119 e. The number of ether oxygens (including phenoxy) is 1. The first-order chi connectivity index (χ1) is 9.06. The van der Waals surface area contributed by atoms with Crippen molar-refractivity contribution in [2.75, 3.05) is 13.2 Å². The number of benzene rings is 1. The molecule has 1 aromatic carbocycles. The third-order valence-electron chi connectivity index (χ3n) is 3.12. The zero-order valence-electron chi connectivity index (χ0n) is 12.4. The van der Waals surface area contributed by atoms with E-state index in [1.54, 1.807) is 0 Å². The molecule has 0 aliphatic carbocycles. The number of aliphatic hydroxyl groups excluding tert-OH is 1. The standard InChI is InChI=1S/C16H27NO2/c1-14(2)17-16(3,13-18)11-7-8-12-19-15-9-5-4-6-10-15/h4-6,9-10,14,17-18H,7-8,11-13H2,1-3H3. The summed E-state index contributed by atoms with van der Waals surface area (Å²) in [6.45, 7) is 7.18. The molecule has 1 aromatic rings. The van der Waals surface area contributed by atoms with Gasteiger partial charge in [-0.05, 0) is 38.3 Å². The SMILES string of the molecule is CC(C)NC(C)(CO)CCCCOc1ccccc1. The van der Waals surface area contributed by atoms with Crippen molar-refractivity contribution in [2.24, 2.45) is 0 Å². The molecule has 0 amide bonds. The zero-order chi connectivity index (χ0) is 14.1. The lowest BCUT2D eigenvalue weighted by atomic mass is 9.95. The van der Waals surface area contributed by atoms with Crippen molar-refractivity contribution >= 4 is 0 Å². The van der Waals surface area contributed by atoms with Gasteiger partial charge in [0.15, 0.2) is 0 Å². The van der Waals surface area contributed by atoms with Crippen LogP contribution in [0.15, 0.2) is 30.3 Å². The van der Waals surface area contributed by atoms with Crippen LogP contribution in [-0.2, 0) is 0 Å². The van der Waals surface area contributed by atoms with Crippen LogP contribution in [0.3, 0.4) is 0 Å². The molecule has 3 heteroatoms. The number of unbranched alkanes of at least 4 members (excludes halogenated alkanes) is 1. The summed E-state index contributed by atoms with van der Waals surface area (Å²) in [6.07, 6.45) is 3.01. The molecule has 0 aromatic heterocycles. The van der Waals surface area contributed by atoms with E-state index in [9.17, 15) is 5.11 Å². The first kappa shape index (κ1) is 16.0. The van der Waals surface area contributed by atoms with Crippen molar-refractivity contribution in [3.05, 3.63) is 30.3 Å². The zero-order valence-corrected chi connectivity index (χ0v) is 12.4. The molecular formula is C16H27NO2. The van der Waals surface area contributed by atoms with Gasteiger partial charge in [-0.15, -0.1) is 0 Å². The number of aliphatic hydroxyl groups is 1. The molecule has 1 atom stereocenters. The molecule has 0 spiro atoms. The predicted molar refractivity (Wildman–Crippen MR) is 79.6 cm³/mol. The van der Waals surface area contributed by atoms with Crippen molar-refractivity contribution in [3.8, 4) is 5.75 Å². The van der Waals surface area contributed by atoms with E-state index in [0.29, 0.717) is 6.04 Å². The molecule has 0 bridgehead atoms. The molecule has 19 heavy (non-hydrogen) atoms. The van der Waals surface area contributed by atoms with E-state index in [1.807, 2.05) is 30.3 Å². The van der Waals surface area contributed by atoms with Crippen LogP contribution in [0.5, 0.6) is 5.75 Å². The monoisotopic (exact) mass is 265 g/mol. The average molecular weight is 265 g/mol. The van der Waals surface area contributed by atoms with Crippen LogP contribution >= 0.6 is 0 Å². The smallest absolute Gasteiger partial charge is 0.119 e. The second-order valence-corrected chi connectivity index (χ2v) is 5.64. The third-order valence-corrected chi connectivity index (χ3v) is 3.12. The molecule has 2 N–H and O–H groups in total. The Labute approximate surface area is 117 Å². The van der Waals surface area contributed by atoms with Gasteiger partial charge in [0.2, 0.25) is 0 Å². The maximum atomic E-state index is 9.47. The highest BCUT2D eigenvalue weighted by molar-refractivity contribution is 5.20. The van der Waals surface area contributed by atoms with Gasteiger partial charge in [-0.2, -0.15) is 0 Å². The first-order valence-corrected chi connectivity index (χ1v) is 7.12. The minimum atomic E-state index is -0.180. The van der Waals surface area contributed by atoms with E-state index in [1.165, 1.54) is 0 Å². The largest absolute Gasteiger partial charge is 0.494 e. The highest BCUT2D eigenvalue weighted by atomic mass is 16.5. The van der Waals surface area contributed by atoms with Gasteiger partial charge in [-0.25, -0.2) is 0 Å². The molecule has 0 heterocycles. The lowest BCUT2D eigenvalue weighted by Gasteiger charge is -2.31. The number of hydrogen-bond donors (Lipinski definition) is 2. The van der Waals surface area contributed by atoms with Crippen LogP contribution < -0.4 is 10.1 Å². The fourth-order valence-corrected chi connectivity index (χ4v) is 2.22. The summed E-state index contributed by atoms with van der Waals surface area (Å²) in [5, 5.41) is 12.9. The maximum absolute atomic E-state index is 9.47. The minimum absolute atomic E-state index is 0.171. The lowest BCUT2D eigenvalue weighted by Crippen LogP contribution is -2.49.